The fourth-order valence-electron chi connectivity index (χ4n) is 7.63. The number of hydrogen-bond donors (Lipinski definition) is 1. The molecule has 3 fully saturated rings. The zero-order valence-corrected chi connectivity index (χ0v) is 30.1. The summed E-state index contributed by atoms with van der Waals surface area (Å²) < 4.78 is 46.6. The lowest BCUT2D eigenvalue weighted by Crippen LogP contribution is -2.76. The molecule has 0 aromatic rings. The van der Waals surface area contributed by atoms with Gasteiger partial charge in [-0.2, -0.15) is 0 Å². The zero-order chi connectivity index (χ0) is 38.2. The predicted octanol–water partition coefficient (Wildman–Crippen LogP) is 1.43. The van der Waals surface area contributed by atoms with Gasteiger partial charge in [-0.25, -0.2) is 0 Å². The van der Waals surface area contributed by atoms with E-state index < -0.39 is 107 Å². The van der Waals surface area contributed by atoms with Crippen molar-refractivity contribution in [3.8, 4) is 0 Å². The van der Waals surface area contributed by atoms with Crippen molar-refractivity contribution in [2.24, 2.45) is 23.2 Å². The summed E-state index contributed by atoms with van der Waals surface area (Å²) in [6.45, 7) is 11.3. The molecule has 0 amide bonds. The Kier molecular flexibility index (Phi) is 11.4. The second kappa shape index (κ2) is 14.7. The number of epoxide rings is 1. The molecule has 0 bridgehead atoms. The van der Waals surface area contributed by atoms with Crippen molar-refractivity contribution in [2.45, 2.75) is 117 Å². The molecule has 0 aromatic carbocycles. The van der Waals surface area contributed by atoms with Crippen LogP contribution in [0.15, 0.2) is 23.8 Å². The van der Waals surface area contributed by atoms with Gasteiger partial charge in [0.05, 0.1) is 17.9 Å². The molecule has 0 radical (unpaired) electrons. The van der Waals surface area contributed by atoms with Crippen molar-refractivity contribution in [2.75, 3.05) is 13.2 Å². The minimum Gasteiger partial charge on any atom is -0.461 e. The van der Waals surface area contributed by atoms with Crippen molar-refractivity contribution in [1.82, 2.24) is 0 Å². The number of esters is 7. The monoisotopic (exact) mass is 722 g/mol. The molecule has 0 aromatic heterocycles. The summed E-state index contributed by atoms with van der Waals surface area (Å²) in [7, 11) is 0. The van der Waals surface area contributed by atoms with Crippen LogP contribution in [0.4, 0.5) is 0 Å². The Morgan fingerprint density at radius 2 is 1.41 bits per heavy atom. The van der Waals surface area contributed by atoms with E-state index in [9.17, 15) is 38.7 Å². The van der Waals surface area contributed by atoms with Crippen molar-refractivity contribution in [3.63, 3.8) is 0 Å². The van der Waals surface area contributed by atoms with Gasteiger partial charge < -0.3 is 43.0 Å². The molecule has 2 saturated heterocycles. The molecule has 16 heteroatoms. The SMILES string of the molecule is CC(=O)OCC1=C/C2OC(=O)C(C)C2(O)C(OC(C)=O)C2C3(CO3)C(OC(C)=O)C(OC(=O)CC(C)C)C(OC(C)=O)[C@]2(C)[C@@H](OC(C)=O)/C=C\1. The summed E-state index contributed by atoms with van der Waals surface area (Å²) in [6.07, 6.45) is -5.58. The minimum absolute atomic E-state index is 0.0872. The zero-order valence-electron chi connectivity index (χ0n) is 30.1. The smallest absolute Gasteiger partial charge is 0.312 e. The van der Waals surface area contributed by atoms with Crippen LogP contribution < -0.4 is 0 Å². The summed E-state index contributed by atoms with van der Waals surface area (Å²) in [5, 5.41) is 12.8. The van der Waals surface area contributed by atoms with Gasteiger partial charge in [-0.1, -0.05) is 26.8 Å². The Morgan fingerprint density at radius 1 is 0.863 bits per heavy atom. The Labute approximate surface area is 295 Å². The molecule has 11 atom stereocenters. The molecule has 2 aliphatic carbocycles. The number of hydrogen-bond acceptors (Lipinski definition) is 16. The van der Waals surface area contributed by atoms with Gasteiger partial charge in [-0.15, -0.1) is 0 Å². The number of fused-ring (bicyclic) bond motifs is 3. The predicted molar refractivity (Wildman–Crippen MR) is 170 cm³/mol. The van der Waals surface area contributed by atoms with Crippen LogP contribution in [0, 0.1) is 23.2 Å². The number of rotatable bonds is 9. The Balaban J connectivity index is 2.15. The van der Waals surface area contributed by atoms with Crippen molar-refractivity contribution in [3.05, 3.63) is 23.8 Å². The van der Waals surface area contributed by atoms with Crippen LogP contribution in [0.25, 0.3) is 0 Å². The first-order valence-corrected chi connectivity index (χ1v) is 16.7. The average molecular weight is 723 g/mol. The lowest BCUT2D eigenvalue weighted by molar-refractivity contribution is -0.279. The van der Waals surface area contributed by atoms with Crippen LogP contribution in [0.3, 0.4) is 0 Å². The highest BCUT2D eigenvalue weighted by Crippen LogP contribution is 2.63. The van der Waals surface area contributed by atoms with E-state index in [1.807, 2.05) is 0 Å². The van der Waals surface area contributed by atoms with E-state index in [0.29, 0.717) is 0 Å². The maximum absolute atomic E-state index is 13.4. The van der Waals surface area contributed by atoms with E-state index in [-0.39, 0.29) is 31.1 Å². The summed E-state index contributed by atoms with van der Waals surface area (Å²) in [6, 6.07) is 0. The highest BCUT2D eigenvalue weighted by atomic mass is 16.7. The van der Waals surface area contributed by atoms with Crippen LogP contribution in [0.2, 0.25) is 0 Å². The molecule has 2 heterocycles. The van der Waals surface area contributed by atoms with Crippen molar-refractivity contribution in [1.29, 1.82) is 0 Å². The quantitative estimate of drug-likeness (QED) is 0.202. The van der Waals surface area contributed by atoms with Gasteiger partial charge >= 0.3 is 41.8 Å². The van der Waals surface area contributed by atoms with E-state index in [1.54, 1.807) is 13.8 Å². The number of carbonyl (C=O) groups is 7. The van der Waals surface area contributed by atoms with E-state index >= 15 is 0 Å². The third-order valence-corrected chi connectivity index (χ3v) is 9.79. The van der Waals surface area contributed by atoms with Crippen LogP contribution in [-0.2, 0) is 71.5 Å². The molecule has 1 saturated carbocycles. The Bertz CT molecular complexity index is 1510. The van der Waals surface area contributed by atoms with E-state index in [4.69, 9.17) is 37.9 Å². The average Bonchev–Trinajstić information content (AvgIpc) is 3.75. The molecule has 282 valence electrons. The summed E-state index contributed by atoms with van der Waals surface area (Å²) in [5.41, 5.74) is -5.91. The number of aliphatic hydroxyl groups is 1. The van der Waals surface area contributed by atoms with Crippen molar-refractivity contribution >= 4 is 41.8 Å². The lowest BCUT2D eigenvalue weighted by Gasteiger charge is -2.59. The minimum atomic E-state index is -2.43. The molecule has 1 spiro atoms. The molecule has 16 nitrogen and oxygen atoms in total. The standard InChI is InChI=1S/C35H46O16/c1-16(2)12-26(41)51-27-29(47-20(6)38)33(9)24(46-19(5)37)11-10-23(14-44-18(4)36)13-25-35(43,17(3)32(42)50-25)31(49-22(8)40)28(33)34(15-45-34)30(27)48-21(7)39/h10-11,13,16-17,24-25,27-31,43H,12,14-15H2,1-9H3/b11-10-,23-13+/t17?,24-,25?,27?,28?,29?,30?,31?,33+,34?,35?/m0/s1. The maximum Gasteiger partial charge on any atom is 0.312 e. The molecular formula is C35H46O16. The first-order valence-electron chi connectivity index (χ1n) is 16.7. The fraction of sp³-hybridized carbons (Fsp3) is 0.686. The van der Waals surface area contributed by atoms with Gasteiger partial charge in [0.25, 0.3) is 0 Å². The fourth-order valence-corrected chi connectivity index (χ4v) is 7.63. The highest BCUT2D eigenvalue weighted by molar-refractivity contribution is 5.78. The number of ether oxygens (including phenoxy) is 8. The van der Waals surface area contributed by atoms with Gasteiger partial charge in [0, 0.05) is 47.0 Å². The van der Waals surface area contributed by atoms with Crippen molar-refractivity contribution < 1.29 is 76.6 Å². The number of carbonyl (C=O) groups excluding carboxylic acids is 7. The molecule has 2 aliphatic heterocycles. The normalized spacial score (nSPS) is 38.4. The molecule has 9 unspecified atom stereocenters. The Hall–Kier alpha value is -4.31. The van der Waals surface area contributed by atoms with Gasteiger partial charge in [-0.3, -0.25) is 33.6 Å². The highest BCUT2D eigenvalue weighted by Gasteiger charge is 2.81. The van der Waals surface area contributed by atoms with Crippen LogP contribution in [0.1, 0.15) is 68.7 Å². The topological polar surface area (TPSA) is 217 Å². The van der Waals surface area contributed by atoms with Gasteiger partial charge in [0.1, 0.15) is 24.4 Å². The summed E-state index contributed by atoms with van der Waals surface area (Å²) in [4.78, 5) is 90.0. The van der Waals surface area contributed by atoms with Gasteiger partial charge in [-0.05, 0) is 30.6 Å². The van der Waals surface area contributed by atoms with Gasteiger partial charge in [0.2, 0.25) is 0 Å². The Morgan fingerprint density at radius 3 is 1.92 bits per heavy atom. The van der Waals surface area contributed by atoms with Crippen LogP contribution >= 0.6 is 0 Å². The lowest BCUT2D eigenvalue weighted by atomic mass is 9.51. The molecule has 4 aliphatic rings. The third-order valence-electron chi connectivity index (χ3n) is 9.79. The first-order chi connectivity index (χ1) is 23.7. The molecule has 1 N–H and O–H groups in total. The third kappa shape index (κ3) is 7.66. The van der Waals surface area contributed by atoms with Crippen LogP contribution in [-0.4, -0.2) is 108 Å². The van der Waals surface area contributed by atoms with E-state index in [1.165, 1.54) is 39.0 Å². The van der Waals surface area contributed by atoms with Crippen LogP contribution in [0.5, 0.6) is 0 Å². The van der Waals surface area contributed by atoms with E-state index in [2.05, 4.69) is 0 Å². The van der Waals surface area contributed by atoms with E-state index in [0.717, 1.165) is 27.7 Å². The summed E-state index contributed by atoms with van der Waals surface area (Å²) in [5.74, 6) is -8.76. The molecule has 4 rings (SSSR count). The molecule has 51 heavy (non-hydrogen) atoms. The van der Waals surface area contributed by atoms with Gasteiger partial charge in [0.15, 0.2) is 30.0 Å². The first kappa shape index (κ1) is 39.5. The largest absolute Gasteiger partial charge is 0.461 e. The maximum atomic E-state index is 13.4. The second-order valence-electron chi connectivity index (χ2n) is 14.1. The molecular weight excluding hydrogens is 676 g/mol. The second-order valence-corrected chi connectivity index (χ2v) is 14.1. The summed E-state index contributed by atoms with van der Waals surface area (Å²) >= 11 is 0.